The third-order valence-electron chi connectivity index (χ3n) is 5.27. The first-order valence-electron chi connectivity index (χ1n) is 8.28. The van der Waals surface area contributed by atoms with Gasteiger partial charge in [-0.3, -0.25) is 4.79 Å². The summed E-state index contributed by atoms with van der Waals surface area (Å²) >= 11 is 6.16. The van der Waals surface area contributed by atoms with E-state index in [0.717, 1.165) is 18.6 Å². The Labute approximate surface area is 148 Å². The molecule has 2 fully saturated rings. The van der Waals surface area contributed by atoms with E-state index in [2.05, 4.69) is 10.6 Å². The van der Waals surface area contributed by atoms with Crippen molar-refractivity contribution in [3.63, 3.8) is 0 Å². The van der Waals surface area contributed by atoms with E-state index in [1.54, 1.807) is 13.0 Å². The number of halogens is 1. The van der Waals surface area contributed by atoms with Crippen molar-refractivity contribution in [1.82, 2.24) is 5.32 Å². The Morgan fingerprint density at radius 2 is 2.04 bits per heavy atom. The number of carbonyl (C=O) groups excluding carboxylic acids is 1. The molecule has 0 aromatic heterocycles. The van der Waals surface area contributed by atoms with E-state index in [0.29, 0.717) is 23.2 Å². The molecule has 0 heterocycles. The summed E-state index contributed by atoms with van der Waals surface area (Å²) in [5, 5.41) is 6.38. The van der Waals surface area contributed by atoms with Crippen LogP contribution in [0.1, 0.15) is 31.2 Å². The number of nitrogens with one attached hydrogen (secondary N) is 2. The highest BCUT2D eigenvalue weighted by Gasteiger charge is 2.39. The van der Waals surface area contributed by atoms with Crippen LogP contribution >= 0.6 is 11.6 Å². The molecule has 1 aromatic rings. The SMILES string of the molecule is Cc1c(NCC(=O)NC2CC3CCC2C3)ccc(S(C)(=O)=O)c1Cl. The third kappa shape index (κ3) is 3.54. The second-order valence-corrected chi connectivity index (χ2v) is 9.39. The first-order valence-corrected chi connectivity index (χ1v) is 10.5. The lowest BCUT2D eigenvalue weighted by atomic mass is 9.95. The van der Waals surface area contributed by atoms with E-state index in [1.165, 1.54) is 25.3 Å². The van der Waals surface area contributed by atoms with Gasteiger partial charge in [0.1, 0.15) is 0 Å². The van der Waals surface area contributed by atoms with Gasteiger partial charge in [0.15, 0.2) is 9.84 Å². The summed E-state index contributed by atoms with van der Waals surface area (Å²) in [7, 11) is -3.36. The summed E-state index contributed by atoms with van der Waals surface area (Å²) < 4.78 is 23.3. The summed E-state index contributed by atoms with van der Waals surface area (Å²) in [5.41, 5.74) is 1.31. The second-order valence-electron chi connectivity index (χ2n) is 7.02. The molecule has 3 rings (SSSR count). The van der Waals surface area contributed by atoms with Crippen LogP contribution in [0.3, 0.4) is 0 Å². The van der Waals surface area contributed by atoms with Gasteiger partial charge in [0.05, 0.1) is 16.5 Å². The molecular weight excluding hydrogens is 348 g/mol. The number of amides is 1. The molecule has 3 atom stereocenters. The first-order chi connectivity index (χ1) is 11.3. The first kappa shape index (κ1) is 17.5. The van der Waals surface area contributed by atoms with Gasteiger partial charge in [0.25, 0.3) is 0 Å². The number of fused-ring (bicyclic) bond motifs is 2. The summed E-state index contributed by atoms with van der Waals surface area (Å²) in [6.45, 7) is 1.90. The summed E-state index contributed by atoms with van der Waals surface area (Å²) in [4.78, 5) is 12.3. The van der Waals surface area contributed by atoms with Crippen LogP contribution in [0.2, 0.25) is 5.02 Å². The maximum absolute atomic E-state index is 12.2. The highest BCUT2D eigenvalue weighted by Crippen LogP contribution is 2.44. The molecule has 7 heteroatoms. The topological polar surface area (TPSA) is 75.3 Å². The highest BCUT2D eigenvalue weighted by molar-refractivity contribution is 7.90. The average molecular weight is 371 g/mol. The van der Waals surface area contributed by atoms with Gasteiger partial charge in [0, 0.05) is 18.0 Å². The zero-order valence-electron chi connectivity index (χ0n) is 13.9. The van der Waals surface area contributed by atoms with Crippen molar-refractivity contribution >= 4 is 33.0 Å². The van der Waals surface area contributed by atoms with Gasteiger partial charge >= 0.3 is 0 Å². The van der Waals surface area contributed by atoms with Crippen LogP contribution in [0.4, 0.5) is 5.69 Å². The van der Waals surface area contributed by atoms with Gasteiger partial charge in [-0.15, -0.1) is 0 Å². The lowest BCUT2D eigenvalue weighted by Gasteiger charge is -2.23. The van der Waals surface area contributed by atoms with Gasteiger partial charge in [-0.05, 0) is 55.7 Å². The van der Waals surface area contributed by atoms with Gasteiger partial charge in [0.2, 0.25) is 5.91 Å². The summed E-state index contributed by atoms with van der Waals surface area (Å²) in [5.74, 6) is 1.40. The average Bonchev–Trinajstić information content (AvgIpc) is 3.10. The summed E-state index contributed by atoms with van der Waals surface area (Å²) in [6.07, 6.45) is 6.01. The van der Waals surface area contributed by atoms with Crippen LogP contribution in [0, 0.1) is 18.8 Å². The predicted octanol–water partition coefficient (Wildman–Crippen LogP) is 2.77. The minimum atomic E-state index is -3.36. The van der Waals surface area contributed by atoms with E-state index < -0.39 is 9.84 Å². The lowest BCUT2D eigenvalue weighted by molar-refractivity contribution is -0.120. The molecule has 0 saturated heterocycles. The fourth-order valence-corrected chi connectivity index (χ4v) is 5.37. The minimum Gasteiger partial charge on any atom is -0.376 e. The number of carbonyl (C=O) groups is 1. The van der Waals surface area contributed by atoms with Crippen LogP contribution in [0.15, 0.2) is 17.0 Å². The van der Waals surface area contributed by atoms with Crippen molar-refractivity contribution in [3.8, 4) is 0 Å². The monoisotopic (exact) mass is 370 g/mol. The van der Waals surface area contributed by atoms with Crippen LogP contribution in [-0.2, 0) is 14.6 Å². The number of anilines is 1. The Bertz CT molecular complexity index is 763. The highest BCUT2D eigenvalue weighted by atomic mass is 35.5. The molecule has 5 nitrogen and oxygen atoms in total. The van der Waals surface area contributed by atoms with Gasteiger partial charge in [-0.2, -0.15) is 0 Å². The molecule has 1 aromatic carbocycles. The number of hydrogen-bond donors (Lipinski definition) is 2. The molecule has 1 amide bonds. The molecular formula is C17H23ClN2O3S. The van der Waals surface area contributed by atoms with E-state index >= 15 is 0 Å². The minimum absolute atomic E-state index is 0.0322. The molecule has 2 N–H and O–H groups in total. The Morgan fingerprint density at radius 1 is 1.29 bits per heavy atom. The van der Waals surface area contributed by atoms with Crippen molar-refractivity contribution in [2.75, 3.05) is 18.1 Å². The Balaban J connectivity index is 1.60. The molecule has 2 saturated carbocycles. The zero-order chi connectivity index (χ0) is 17.5. The van der Waals surface area contributed by atoms with Crippen LogP contribution in [0.5, 0.6) is 0 Å². The Morgan fingerprint density at radius 3 is 2.62 bits per heavy atom. The maximum Gasteiger partial charge on any atom is 0.239 e. The predicted molar refractivity (Wildman–Crippen MR) is 95.2 cm³/mol. The third-order valence-corrected chi connectivity index (χ3v) is 7.01. The number of hydrogen-bond acceptors (Lipinski definition) is 4. The number of rotatable bonds is 5. The van der Waals surface area contributed by atoms with Gasteiger partial charge in [-0.25, -0.2) is 8.42 Å². The molecule has 2 aliphatic rings. The fraction of sp³-hybridized carbons (Fsp3) is 0.588. The number of sulfone groups is 1. The van der Waals surface area contributed by atoms with E-state index in [4.69, 9.17) is 11.6 Å². The molecule has 0 aliphatic heterocycles. The van der Waals surface area contributed by atoms with Crippen LogP contribution < -0.4 is 10.6 Å². The second kappa shape index (κ2) is 6.56. The molecule has 0 radical (unpaired) electrons. The van der Waals surface area contributed by atoms with Gasteiger partial charge in [-0.1, -0.05) is 18.0 Å². The van der Waals surface area contributed by atoms with Crippen molar-refractivity contribution in [2.45, 2.75) is 43.5 Å². The standard InChI is InChI=1S/C17H23ClN2O3S/c1-10-13(5-6-15(17(10)18)24(2,22)23)19-9-16(21)20-14-8-11-3-4-12(14)7-11/h5-6,11-12,14,19H,3-4,7-9H2,1-2H3,(H,20,21). The smallest absolute Gasteiger partial charge is 0.239 e. The quantitative estimate of drug-likeness (QED) is 0.835. The molecule has 2 aliphatic carbocycles. The van der Waals surface area contributed by atoms with E-state index in [-0.39, 0.29) is 22.4 Å². The largest absolute Gasteiger partial charge is 0.376 e. The van der Waals surface area contributed by atoms with Gasteiger partial charge < -0.3 is 10.6 Å². The fourth-order valence-electron chi connectivity index (χ4n) is 3.99. The molecule has 3 unspecified atom stereocenters. The molecule has 0 spiro atoms. The molecule has 24 heavy (non-hydrogen) atoms. The zero-order valence-corrected chi connectivity index (χ0v) is 15.5. The maximum atomic E-state index is 12.2. The van der Waals surface area contributed by atoms with E-state index in [9.17, 15) is 13.2 Å². The molecule has 2 bridgehead atoms. The van der Waals surface area contributed by atoms with Crippen molar-refractivity contribution < 1.29 is 13.2 Å². The normalized spacial score (nSPS) is 25.7. The molecule has 132 valence electrons. The van der Waals surface area contributed by atoms with Crippen molar-refractivity contribution in [3.05, 3.63) is 22.7 Å². The Kier molecular flexibility index (Phi) is 4.80. The van der Waals surface area contributed by atoms with Crippen LogP contribution in [-0.4, -0.2) is 33.2 Å². The number of benzene rings is 1. The van der Waals surface area contributed by atoms with Crippen LogP contribution in [0.25, 0.3) is 0 Å². The lowest BCUT2D eigenvalue weighted by Crippen LogP contribution is -2.41. The van der Waals surface area contributed by atoms with Crippen molar-refractivity contribution in [2.24, 2.45) is 11.8 Å². The van der Waals surface area contributed by atoms with Crippen molar-refractivity contribution in [1.29, 1.82) is 0 Å². The Hall–Kier alpha value is -1.27. The summed E-state index contributed by atoms with van der Waals surface area (Å²) in [6, 6.07) is 3.44. The van der Waals surface area contributed by atoms with E-state index in [1.807, 2.05) is 0 Å².